The first-order valence-electron chi connectivity index (χ1n) is 5.45. The molecule has 2 heterocycles. The Morgan fingerprint density at radius 1 is 1.19 bits per heavy atom. The molecule has 0 aliphatic carbocycles. The molecule has 0 fully saturated rings. The van der Waals surface area contributed by atoms with Gasteiger partial charge in [0.1, 0.15) is 5.01 Å². The number of unbranched alkanes of at least 4 members (excludes halogenated alkanes) is 1. The van der Waals surface area contributed by atoms with Gasteiger partial charge in [-0.3, -0.25) is 4.98 Å². The fourth-order valence-electron chi connectivity index (χ4n) is 1.50. The van der Waals surface area contributed by atoms with Crippen molar-refractivity contribution in [1.82, 2.24) is 9.97 Å². The van der Waals surface area contributed by atoms with Crippen molar-refractivity contribution in [3.8, 4) is 10.6 Å². The van der Waals surface area contributed by atoms with E-state index in [1.165, 1.54) is 5.69 Å². The molecule has 0 atom stereocenters. The largest absolute Gasteiger partial charge is 0.330 e. The van der Waals surface area contributed by atoms with Gasteiger partial charge in [0.05, 0.1) is 5.69 Å². The van der Waals surface area contributed by atoms with Crippen molar-refractivity contribution in [2.24, 2.45) is 5.73 Å². The average Bonchev–Trinajstić information content (AvgIpc) is 2.79. The number of nitrogens with two attached hydrogens (primary N) is 1. The van der Waals surface area contributed by atoms with Gasteiger partial charge in [0.2, 0.25) is 0 Å². The Balaban J connectivity index is 2.02. The predicted molar refractivity (Wildman–Crippen MR) is 67.3 cm³/mol. The minimum Gasteiger partial charge on any atom is -0.330 e. The number of aromatic nitrogens is 2. The first-order valence-corrected chi connectivity index (χ1v) is 6.33. The molecule has 0 unspecified atom stereocenters. The van der Waals surface area contributed by atoms with Crippen LogP contribution < -0.4 is 5.73 Å². The Labute approximate surface area is 99.4 Å². The monoisotopic (exact) mass is 233 g/mol. The second-order valence-corrected chi connectivity index (χ2v) is 4.48. The number of aryl methyl sites for hydroxylation is 1. The maximum absolute atomic E-state index is 5.46. The predicted octanol–water partition coefficient (Wildman–Crippen LogP) is 2.49. The van der Waals surface area contributed by atoms with E-state index in [2.05, 4.69) is 15.3 Å². The molecule has 0 aromatic carbocycles. The minimum atomic E-state index is 0.765. The highest BCUT2D eigenvalue weighted by Gasteiger charge is 2.03. The van der Waals surface area contributed by atoms with Gasteiger partial charge in [-0.2, -0.15) is 0 Å². The van der Waals surface area contributed by atoms with E-state index in [1.54, 1.807) is 23.7 Å². The smallest absolute Gasteiger partial charge is 0.123 e. The van der Waals surface area contributed by atoms with Crippen LogP contribution in [0.5, 0.6) is 0 Å². The molecular formula is C12H15N3S. The lowest BCUT2D eigenvalue weighted by Gasteiger charge is -1.95. The van der Waals surface area contributed by atoms with Gasteiger partial charge in [-0.1, -0.05) is 0 Å². The molecule has 0 amide bonds. The van der Waals surface area contributed by atoms with Gasteiger partial charge >= 0.3 is 0 Å². The Hall–Kier alpha value is -1.26. The molecule has 0 bridgehead atoms. The standard InChI is InChI=1S/C12H15N3S/c13-6-2-1-3-11-9-16-12(15-11)10-4-7-14-8-5-10/h4-5,7-9H,1-3,6,13H2. The van der Waals surface area contributed by atoms with Crippen LogP contribution in [0.1, 0.15) is 18.5 Å². The minimum absolute atomic E-state index is 0.765. The summed E-state index contributed by atoms with van der Waals surface area (Å²) in [5.41, 5.74) is 7.78. The zero-order valence-corrected chi connectivity index (χ0v) is 9.91. The lowest BCUT2D eigenvalue weighted by atomic mass is 10.2. The summed E-state index contributed by atoms with van der Waals surface area (Å²) in [5, 5.41) is 3.21. The van der Waals surface area contributed by atoms with Crippen LogP contribution in [0.25, 0.3) is 10.6 Å². The van der Waals surface area contributed by atoms with Crippen LogP contribution in [0.3, 0.4) is 0 Å². The Morgan fingerprint density at radius 3 is 2.75 bits per heavy atom. The zero-order valence-electron chi connectivity index (χ0n) is 9.10. The molecular weight excluding hydrogens is 218 g/mol. The Morgan fingerprint density at radius 2 is 2.00 bits per heavy atom. The second kappa shape index (κ2) is 5.72. The number of hydrogen-bond donors (Lipinski definition) is 1. The van der Waals surface area contributed by atoms with E-state index in [4.69, 9.17) is 5.73 Å². The third kappa shape index (κ3) is 2.87. The van der Waals surface area contributed by atoms with E-state index < -0.39 is 0 Å². The van der Waals surface area contributed by atoms with E-state index in [-0.39, 0.29) is 0 Å². The third-order valence-electron chi connectivity index (χ3n) is 2.37. The molecule has 84 valence electrons. The van der Waals surface area contributed by atoms with Crippen molar-refractivity contribution in [3.63, 3.8) is 0 Å². The van der Waals surface area contributed by atoms with Crippen molar-refractivity contribution in [2.75, 3.05) is 6.54 Å². The number of rotatable bonds is 5. The summed E-state index contributed by atoms with van der Waals surface area (Å²) in [5.74, 6) is 0. The molecule has 0 radical (unpaired) electrons. The quantitative estimate of drug-likeness (QED) is 0.807. The highest BCUT2D eigenvalue weighted by molar-refractivity contribution is 7.13. The Bertz CT molecular complexity index is 425. The highest BCUT2D eigenvalue weighted by Crippen LogP contribution is 2.23. The summed E-state index contributed by atoms with van der Waals surface area (Å²) < 4.78 is 0. The molecule has 0 saturated heterocycles. The van der Waals surface area contributed by atoms with Gasteiger partial charge in [-0.05, 0) is 37.9 Å². The van der Waals surface area contributed by atoms with Crippen LogP contribution in [0.2, 0.25) is 0 Å². The van der Waals surface area contributed by atoms with E-state index >= 15 is 0 Å². The maximum Gasteiger partial charge on any atom is 0.123 e. The SMILES string of the molecule is NCCCCc1csc(-c2ccncc2)n1. The van der Waals surface area contributed by atoms with E-state index in [0.29, 0.717) is 0 Å². The summed E-state index contributed by atoms with van der Waals surface area (Å²) in [6.07, 6.45) is 6.81. The van der Waals surface area contributed by atoms with Gasteiger partial charge in [0.15, 0.2) is 0 Å². The van der Waals surface area contributed by atoms with Crippen molar-refractivity contribution in [2.45, 2.75) is 19.3 Å². The number of hydrogen-bond acceptors (Lipinski definition) is 4. The normalized spacial score (nSPS) is 10.6. The molecule has 16 heavy (non-hydrogen) atoms. The third-order valence-corrected chi connectivity index (χ3v) is 3.31. The maximum atomic E-state index is 5.46. The molecule has 2 aromatic heterocycles. The van der Waals surface area contributed by atoms with Crippen LogP contribution in [-0.2, 0) is 6.42 Å². The summed E-state index contributed by atoms with van der Waals surface area (Å²) in [6.45, 7) is 0.765. The number of pyridine rings is 1. The zero-order chi connectivity index (χ0) is 11.2. The topological polar surface area (TPSA) is 51.8 Å². The van der Waals surface area contributed by atoms with Gasteiger partial charge in [-0.15, -0.1) is 11.3 Å². The fraction of sp³-hybridized carbons (Fsp3) is 0.333. The summed E-state index contributed by atoms with van der Waals surface area (Å²) >= 11 is 1.69. The molecule has 0 spiro atoms. The fourth-order valence-corrected chi connectivity index (χ4v) is 2.36. The molecule has 0 aliphatic heterocycles. The van der Waals surface area contributed by atoms with Crippen molar-refractivity contribution < 1.29 is 0 Å². The first kappa shape index (κ1) is 11.2. The molecule has 2 rings (SSSR count). The molecule has 2 aromatic rings. The lowest BCUT2D eigenvalue weighted by molar-refractivity contribution is 0.736. The molecule has 4 heteroatoms. The van der Waals surface area contributed by atoms with Gasteiger partial charge in [-0.25, -0.2) is 4.98 Å². The van der Waals surface area contributed by atoms with Crippen LogP contribution in [0.15, 0.2) is 29.9 Å². The average molecular weight is 233 g/mol. The summed E-state index contributed by atoms with van der Waals surface area (Å²) in [4.78, 5) is 8.60. The second-order valence-electron chi connectivity index (χ2n) is 3.63. The van der Waals surface area contributed by atoms with Crippen LogP contribution >= 0.6 is 11.3 Å². The first-order chi connectivity index (χ1) is 7.90. The number of thiazole rings is 1. The van der Waals surface area contributed by atoms with Crippen molar-refractivity contribution in [3.05, 3.63) is 35.6 Å². The molecule has 0 saturated carbocycles. The van der Waals surface area contributed by atoms with Crippen LogP contribution in [-0.4, -0.2) is 16.5 Å². The number of nitrogens with zero attached hydrogens (tertiary/aromatic N) is 2. The van der Waals surface area contributed by atoms with E-state index in [0.717, 1.165) is 36.4 Å². The van der Waals surface area contributed by atoms with Gasteiger partial charge < -0.3 is 5.73 Å². The van der Waals surface area contributed by atoms with Crippen LogP contribution in [0, 0.1) is 0 Å². The highest BCUT2D eigenvalue weighted by atomic mass is 32.1. The lowest BCUT2D eigenvalue weighted by Crippen LogP contribution is -1.99. The van der Waals surface area contributed by atoms with Crippen molar-refractivity contribution >= 4 is 11.3 Å². The Kier molecular flexibility index (Phi) is 4.02. The van der Waals surface area contributed by atoms with Gasteiger partial charge in [0.25, 0.3) is 0 Å². The van der Waals surface area contributed by atoms with Gasteiger partial charge in [0, 0.05) is 23.3 Å². The molecule has 2 N–H and O–H groups in total. The summed E-state index contributed by atoms with van der Waals surface area (Å²) in [7, 11) is 0. The summed E-state index contributed by atoms with van der Waals surface area (Å²) in [6, 6.07) is 3.98. The van der Waals surface area contributed by atoms with E-state index in [9.17, 15) is 0 Å². The van der Waals surface area contributed by atoms with Crippen molar-refractivity contribution in [1.29, 1.82) is 0 Å². The molecule has 0 aliphatic rings. The van der Waals surface area contributed by atoms with E-state index in [1.807, 2.05) is 12.1 Å². The van der Waals surface area contributed by atoms with Crippen LogP contribution in [0.4, 0.5) is 0 Å². The molecule has 3 nitrogen and oxygen atoms in total.